The van der Waals surface area contributed by atoms with Gasteiger partial charge < -0.3 is 14.8 Å². The third kappa shape index (κ3) is 5.66. The van der Waals surface area contributed by atoms with Crippen LogP contribution in [0.1, 0.15) is 26.7 Å². The number of amides is 1. The molecule has 8 heteroatoms. The summed E-state index contributed by atoms with van der Waals surface area (Å²) in [5.74, 6) is -0.437. The Hall–Kier alpha value is -2.22. The molecule has 144 valence electrons. The van der Waals surface area contributed by atoms with Crippen molar-refractivity contribution in [2.75, 3.05) is 25.0 Å². The van der Waals surface area contributed by atoms with Gasteiger partial charge in [0.25, 0.3) is 0 Å². The number of alkyl halides is 2. The molecule has 0 radical (unpaired) electrons. The number of hydrogen-bond donors (Lipinski definition) is 1. The topological polar surface area (TPSA) is 67.9 Å². The molecule has 2 rings (SSSR count). The molecule has 1 aliphatic rings. The van der Waals surface area contributed by atoms with Crippen LogP contribution >= 0.6 is 0 Å². The predicted octanol–water partition coefficient (Wildman–Crippen LogP) is 2.89. The zero-order chi connectivity index (χ0) is 19.1. The number of nitrogens with zero attached hydrogens (tertiary/aromatic N) is 1. The molecule has 0 bridgehead atoms. The van der Waals surface area contributed by atoms with E-state index in [1.807, 2.05) is 4.90 Å². The van der Waals surface area contributed by atoms with Crippen molar-refractivity contribution in [3.8, 4) is 5.75 Å². The number of carbonyl (C=O) groups is 2. The maximum absolute atomic E-state index is 12.4. The van der Waals surface area contributed by atoms with E-state index in [4.69, 9.17) is 4.74 Å². The van der Waals surface area contributed by atoms with Gasteiger partial charge in [0.2, 0.25) is 5.91 Å². The van der Waals surface area contributed by atoms with E-state index in [2.05, 4.69) is 10.1 Å². The molecule has 1 aromatic carbocycles. The van der Waals surface area contributed by atoms with Crippen LogP contribution in [0.15, 0.2) is 24.3 Å². The van der Waals surface area contributed by atoms with Crippen molar-refractivity contribution < 1.29 is 27.8 Å². The summed E-state index contributed by atoms with van der Waals surface area (Å²) < 4.78 is 33.6. The fourth-order valence-corrected chi connectivity index (χ4v) is 2.91. The minimum atomic E-state index is -2.88. The minimum absolute atomic E-state index is 0.0343. The Bertz CT molecular complexity index is 602. The first-order valence-corrected chi connectivity index (χ1v) is 8.67. The minimum Gasteiger partial charge on any atom is -0.466 e. The number of anilines is 1. The Kier molecular flexibility index (Phi) is 7.32. The van der Waals surface area contributed by atoms with Gasteiger partial charge in [0, 0.05) is 5.69 Å². The molecule has 1 fully saturated rings. The first-order valence-electron chi connectivity index (χ1n) is 8.67. The highest BCUT2D eigenvalue weighted by Crippen LogP contribution is 2.22. The normalized spacial score (nSPS) is 17.0. The van der Waals surface area contributed by atoms with Crippen molar-refractivity contribution in [2.45, 2.75) is 39.3 Å². The largest absolute Gasteiger partial charge is 0.466 e. The molecule has 1 N–H and O–H groups in total. The number of ether oxygens (including phenoxy) is 2. The first-order chi connectivity index (χ1) is 12.4. The quantitative estimate of drug-likeness (QED) is 0.748. The molecular weight excluding hydrogens is 346 g/mol. The number of halogens is 2. The summed E-state index contributed by atoms with van der Waals surface area (Å²) in [6.07, 6.45) is 1.33. The molecule has 1 atom stereocenters. The standard InChI is InChI=1S/C18H24F2N2O4/c1-3-25-17(24)13-8-10-22(11-9-13)12(2)16(23)21-14-4-6-15(7-5-14)26-18(19)20/h4-7,12-13,18H,3,8-11H2,1-2H3,(H,21,23). The van der Waals surface area contributed by atoms with Crippen molar-refractivity contribution in [3.63, 3.8) is 0 Å². The number of benzene rings is 1. The second-order valence-corrected chi connectivity index (χ2v) is 6.13. The van der Waals surface area contributed by atoms with Crippen LogP contribution in [0, 0.1) is 5.92 Å². The summed E-state index contributed by atoms with van der Waals surface area (Å²) in [6.45, 7) is 2.35. The molecule has 1 saturated heterocycles. The summed E-state index contributed by atoms with van der Waals surface area (Å²) in [4.78, 5) is 26.2. The smallest absolute Gasteiger partial charge is 0.387 e. The SMILES string of the molecule is CCOC(=O)C1CCN(C(C)C(=O)Nc2ccc(OC(F)F)cc2)CC1. The van der Waals surface area contributed by atoms with E-state index in [1.165, 1.54) is 24.3 Å². The third-order valence-electron chi connectivity index (χ3n) is 4.42. The lowest BCUT2D eigenvalue weighted by atomic mass is 9.96. The van der Waals surface area contributed by atoms with E-state index in [0.29, 0.717) is 38.2 Å². The number of hydrogen-bond acceptors (Lipinski definition) is 5. The Morgan fingerprint density at radius 2 is 1.85 bits per heavy atom. The van der Waals surface area contributed by atoms with Gasteiger partial charge in [0.05, 0.1) is 18.6 Å². The highest BCUT2D eigenvalue weighted by molar-refractivity contribution is 5.94. The zero-order valence-corrected chi connectivity index (χ0v) is 14.9. The van der Waals surface area contributed by atoms with Gasteiger partial charge in [-0.15, -0.1) is 0 Å². The van der Waals surface area contributed by atoms with Crippen LogP contribution in [0.25, 0.3) is 0 Å². The predicted molar refractivity (Wildman–Crippen MR) is 92.1 cm³/mol. The summed E-state index contributed by atoms with van der Waals surface area (Å²) in [6, 6.07) is 5.40. The molecule has 1 aliphatic heterocycles. The van der Waals surface area contributed by atoms with Gasteiger partial charge in [0.15, 0.2) is 0 Å². The van der Waals surface area contributed by atoms with Crippen LogP contribution in [-0.4, -0.2) is 49.1 Å². The van der Waals surface area contributed by atoms with Gasteiger partial charge in [-0.3, -0.25) is 14.5 Å². The van der Waals surface area contributed by atoms with E-state index in [-0.39, 0.29) is 29.6 Å². The van der Waals surface area contributed by atoms with Crippen LogP contribution in [0.5, 0.6) is 5.75 Å². The maximum Gasteiger partial charge on any atom is 0.387 e. The molecule has 0 aliphatic carbocycles. The Labute approximate surface area is 151 Å². The summed E-state index contributed by atoms with van der Waals surface area (Å²) >= 11 is 0. The molecule has 1 unspecified atom stereocenters. The van der Waals surface area contributed by atoms with Crippen molar-refractivity contribution in [1.29, 1.82) is 0 Å². The Morgan fingerprint density at radius 3 is 2.38 bits per heavy atom. The molecule has 1 aromatic rings. The molecule has 6 nitrogen and oxygen atoms in total. The maximum atomic E-state index is 12.4. The molecule has 0 spiro atoms. The van der Waals surface area contributed by atoms with Crippen molar-refractivity contribution in [2.24, 2.45) is 5.92 Å². The van der Waals surface area contributed by atoms with Gasteiger partial charge in [-0.05, 0) is 64.0 Å². The van der Waals surface area contributed by atoms with Gasteiger partial charge >= 0.3 is 12.6 Å². The highest BCUT2D eigenvalue weighted by Gasteiger charge is 2.30. The number of nitrogens with one attached hydrogen (secondary N) is 1. The molecular formula is C18H24F2N2O4. The highest BCUT2D eigenvalue weighted by atomic mass is 19.3. The fraction of sp³-hybridized carbons (Fsp3) is 0.556. The Balaban J connectivity index is 1.83. The van der Waals surface area contributed by atoms with E-state index in [1.54, 1.807) is 13.8 Å². The Morgan fingerprint density at radius 1 is 1.23 bits per heavy atom. The van der Waals surface area contributed by atoms with E-state index in [9.17, 15) is 18.4 Å². The number of piperidine rings is 1. The van der Waals surface area contributed by atoms with Crippen LogP contribution < -0.4 is 10.1 Å². The molecule has 0 saturated carbocycles. The van der Waals surface area contributed by atoms with Crippen LogP contribution in [-0.2, 0) is 14.3 Å². The monoisotopic (exact) mass is 370 g/mol. The average molecular weight is 370 g/mol. The lowest BCUT2D eigenvalue weighted by molar-refractivity contribution is -0.149. The van der Waals surface area contributed by atoms with Crippen molar-refractivity contribution in [1.82, 2.24) is 4.90 Å². The molecule has 0 aromatic heterocycles. The first kappa shape index (κ1) is 20.1. The van der Waals surface area contributed by atoms with Crippen LogP contribution in [0.3, 0.4) is 0 Å². The fourth-order valence-electron chi connectivity index (χ4n) is 2.91. The van der Waals surface area contributed by atoms with Crippen LogP contribution in [0.4, 0.5) is 14.5 Å². The number of likely N-dealkylation sites (tertiary alicyclic amines) is 1. The lowest BCUT2D eigenvalue weighted by Crippen LogP contribution is -2.47. The summed E-state index contributed by atoms with van der Waals surface area (Å²) in [7, 11) is 0. The van der Waals surface area contributed by atoms with Gasteiger partial charge in [-0.25, -0.2) is 0 Å². The summed E-state index contributed by atoms with van der Waals surface area (Å²) in [5.41, 5.74) is 0.505. The number of rotatable bonds is 7. The average Bonchev–Trinajstić information content (AvgIpc) is 2.62. The second kappa shape index (κ2) is 9.47. The van der Waals surface area contributed by atoms with Crippen LogP contribution in [0.2, 0.25) is 0 Å². The summed E-state index contributed by atoms with van der Waals surface area (Å²) in [5, 5.41) is 2.76. The molecule has 1 heterocycles. The van der Waals surface area contributed by atoms with Crippen molar-refractivity contribution >= 4 is 17.6 Å². The molecule has 1 amide bonds. The van der Waals surface area contributed by atoms with Gasteiger partial charge in [0.1, 0.15) is 5.75 Å². The third-order valence-corrected chi connectivity index (χ3v) is 4.42. The van der Waals surface area contributed by atoms with E-state index in [0.717, 1.165) is 0 Å². The number of carbonyl (C=O) groups excluding carboxylic acids is 2. The lowest BCUT2D eigenvalue weighted by Gasteiger charge is -2.34. The van der Waals surface area contributed by atoms with Gasteiger partial charge in [-0.1, -0.05) is 0 Å². The van der Waals surface area contributed by atoms with E-state index >= 15 is 0 Å². The van der Waals surface area contributed by atoms with E-state index < -0.39 is 6.61 Å². The van der Waals surface area contributed by atoms with Crippen molar-refractivity contribution in [3.05, 3.63) is 24.3 Å². The van der Waals surface area contributed by atoms with Gasteiger partial charge in [-0.2, -0.15) is 8.78 Å². The second-order valence-electron chi connectivity index (χ2n) is 6.13. The molecule has 26 heavy (non-hydrogen) atoms. The zero-order valence-electron chi connectivity index (χ0n) is 14.9. The number of esters is 1.